The van der Waals surface area contributed by atoms with Gasteiger partial charge in [0.05, 0.1) is 6.33 Å². The Morgan fingerprint density at radius 3 is 2.87 bits per heavy atom. The molecule has 0 unspecified atom stereocenters. The third kappa shape index (κ3) is 3.53. The molecule has 1 aromatic rings. The summed E-state index contributed by atoms with van der Waals surface area (Å²) in [5.74, 6) is 0.116. The van der Waals surface area contributed by atoms with Gasteiger partial charge >= 0.3 is 0 Å². The fourth-order valence-electron chi connectivity index (χ4n) is 1.20. The van der Waals surface area contributed by atoms with Gasteiger partial charge in [0.15, 0.2) is 6.29 Å². The number of aromatic nitrogens is 2. The second kappa shape index (κ2) is 5.29. The van der Waals surface area contributed by atoms with E-state index in [1.54, 1.807) is 31.5 Å². The van der Waals surface area contributed by atoms with Crippen LogP contribution in [-0.4, -0.2) is 40.7 Å². The zero-order chi connectivity index (χ0) is 11.3. The Bertz CT molecular complexity index is 344. The zero-order valence-corrected chi connectivity index (χ0v) is 9.01. The average Bonchev–Trinajstić information content (AvgIpc) is 2.65. The molecule has 1 heterocycles. The SMILES string of the molecule is CN(C)C(=O)CCCn1cnc(C=O)c1. The van der Waals surface area contributed by atoms with Crippen molar-refractivity contribution in [3.63, 3.8) is 0 Å². The van der Waals surface area contributed by atoms with E-state index in [-0.39, 0.29) is 5.91 Å². The fraction of sp³-hybridized carbons (Fsp3) is 0.500. The molecule has 0 bridgehead atoms. The van der Waals surface area contributed by atoms with Crippen molar-refractivity contribution in [3.05, 3.63) is 18.2 Å². The molecule has 0 aliphatic carbocycles. The molecule has 82 valence electrons. The molecule has 0 fully saturated rings. The molecule has 0 aliphatic heterocycles. The fourth-order valence-corrected chi connectivity index (χ4v) is 1.20. The van der Waals surface area contributed by atoms with Gasteiger partial charge in [0.2, 0.25) is 5.91 Å². The van der Waals surface area contributed by atoms with E-state index >= 15 is 0 Å². The van der Waals surface area contributed by atoms with Crippen molar-refractivity contribution in [3.8, 4) is 0 Å². The van der Waals surface area contributed by atoms with Gasteiger partial charge in [-0.25, -0.2) is 4.98 Å². The standard InChI is InChI=1S/C10H15N3O2/c1-12(2)10(15)4-3-5-13-6-9(7-14)11-8-13/h6-8H,3-5H2,1-2H3. The van der Waals surface area contributed by atoms with Crippen molar-refractivity contribution in [1.82, 2.24) is 14.5 Å². The van der Waals surface area contributed by atoms with Crippen LogP contribution < -0.4 is 0 Å². The van der Waals surface area contributed by atoms with Crippen LogP contribution in [0.25, 0.3) is 0 Å². The smallest absolute Gasteiger partial charge is 0.222 e. The molecule has 0 saturated carbocycles. The van der Waals surface area contributed by atoms with Crippen LogP contribution in [0.5, 0.6) is 0 Å². The summed E-state index contributed by atoms with van der Waals surface area (Å²) in [6.07, 6.45) is 5.26. The number of amides is 1. The summed E-state index contributed by atoms with van der Waals surface area (Å²) in [6, 6.07) is 0. The number of aryl methyl sites for hydroxylation is 1. The predicted molar refractivity (Wildman–Crippen MR) is 55.5 cm³/mol. The van der Waals surface area contributed by atoms with Gasteiger partial charge in [-0.3, -0.25) is 9.59 Å². The first-order chi connectivity index (χ1) is 7.13. The maximum absolute atomic E-state index is 11.2. The first-order valence-corrected chi connectivity index (χ1v) is 4.80. The molecule has 5 nitrogen and oxygen atoms in total. The Balaban J connectivity index is 2.31. The Morgan fingerprint density at radius 2 is 2.33 bits per heavy atom. The van der Waals surface area contributed by atoms with E-state index in [1.165, 1.54) is 0 Å². The molecule has 1 amide bonds. The van der Waals surface area contributed by atoms with E-state index in [9.17, 15) is 9.59 Å². The molecule has 0 N–H and O–H groups in total. The molecule has 0 atom stereocenters. The summed E-state index contributed by atoms with van der Waals surface area (Å²) in [7, 11) is 3.48. The first kappa shape index (κ1) is 11.4. The lowest BCUT2D eigenvalue weighted by atomic mass is 10.3. The molecular weight excluding hydrogens is 194 g/mol. The number of carbonyl (C=O) groups is 2. The Hall–Kier alpha value is -1.65. The van der Waals surface area contributed by atoms with Crippen LogP contribution >= 0.6 is 0 Å². The minimum absolute atomic E-state index is 0.116. The Labute approximate surface area is 88.7 Å². The molecule has 0 aliphatic rings. The number of hydrogen-bond acceptors (Lipinski definition) is 3. The number of aldehydes is 1. The van der Waals surface area contributed by atoms with Crippen LogP contribution in [0.4, 0.5) is 0 Å². The summed E-state index contributed by atoms with van der Waals surface area (Å²) < 4.78 is 1.81. The number of carbonyl (C=O) groups excluding carboxylic acids is 2. The first-order valence-electron chi connectivity index (χ1n) is 4.80. The highest BCUT2D eigenvalue weighted by Crippen LogP contribution is 1.99. The molecule has 15 heavy (non-hydrogen) atoms. The molecule has 0 saturated heterocycles. The van der Waals surface area contributed by atoms with E-state index in [0.717, 1.165) is 6.42 Å². The third-order valence-electron chi connectivity index (χ3n) is 2.08. The molecule has 0 radical (unpaired) electrons. The van der Waals surface area contributed by atoms with Crippen LogP contribution in [0.1, 0.15) is 23.3 Å². The number of hydrogen-bond donors (Lipinski definition) is 0. The topological polar surface area (TPSA) is 55.2 Å². The van der Waals surface area contributed by atoms with E-state index < -0.39 is 0 Å². The van der Waals surface area contributed by atoms with E-state index in [2.05, 4.69) is 4.98 Å². The van der Waals surface area contributed by atoms with Crippen molar-refractivity contribution in [2.45, 2.75) is 19.4 Å². The van der Waals surface area contributed by atoms with E-state index in [0.29, 0.717) is 24.9 Å². The molecular formula is C10H15N3O2. The van der Waals surface area contributed by atoms with Crippen molar-refractivity contribution in [1.29, 1.82) is 0 Å². The second-order valence-corrected chi connectivity index (χ2v) is 3.55. The van der Waals surface area contributed by atoms with Crippen molar-refractivity contribution < 1.29 is 9.59 Å². The van der Waals surface area contributed by atoms with Crippen LogP contribution in [0, 0.1) is 0 Å². The van der Waals surface area contributed by atoms with Gasteiger partial charge in [0.25, 0.3) is 0 Å². The Kier molecular flexibility index (Phi) is 4.03. The number of imidazole rings is 1. The minimum Gasteiger partial charge on any atom is -0.349 e. The van der Waals surface area contributed by atoms with Gasteiger partial charge in [-0.1, -0.05) is 0 Å². The lowest BCUT2D eigenvalue weighted by Crippen LogP contribution is -2.21. The molecule has 0 spiro atoms. The predicted octanol–water partition coefficient (Wildman–Crippen LogP) is 0.564. The van der Waals surface area contributed by atoms with Crippen LogP contribution in [-0.2, 0) is 11.3 Å². The highest BCUT2D eigenvalue weighted by atomic mass is 16.2. The quantitative estimate of drug-likeness (QED) is 0.666. The normalized spacial score (nSPS) is 10.0. The van der Waals surface area contributed by atoms with Crippen LogP contribution in [0.15, 0.2) is 12.5 Å². The number of rotatable bonds is 5. The summed E-state index contributed by atoms with van der Waals surface area (Å²) in [5, 5.41) is 0. The van der Waals surface area contributed by atoms with Crippen LogP contribution in [0.2, 0.25) is 0 Å². The molecule has 1 aromatic heterocycles. The lowest BCUT2D eigenvalue weighted by molar-refractivity contribution is -0.128. The van der Waals surface area contributed by atoms with Gasteiger partial charge in [-0.15, -0.1) is 0 Å². The summed E-state index contributed by atoms with van der Waals surface area (Å²) >= 11 is 0. The Morgan fingerprint density at radius 1 is 1.60 bits per heavy atom. The van der Waals surface area contributed by atoms with Crippen molar-refractivity contribution in [2.24, 2.45) is 0 Å². The summed E-state index contributed by atoms with van der Waals surface area (Å²) in [6.45, 7) is 0.709. The molecule has 1 rings (SSSR count). The highest BCUT2D eigenvalue weighted by Gasteiger charge is 2.03. The summed E-state index contributed by atoms with van der Waals surface area (Å²) in [5.41, 5.74) is 0.425. The maximum Gasteiger partial charge on any atom is 0.222 e. The second-order valence-electron chi connectivity index (χ2n) is 3.55. The largest absolute Gasteiger partial charge is 0.349 e. The molecule has 0 aromatic carbocycles. The van der Waals surface area contributed by atoms with Crippen molar-refractivity contribution >= 4 is 12.2 Å². The monoisotopic (exact) mass is 209 g/mol. The maximum atomic E-state index is 11.2. The van der Waals surface area contributed by atoms with Gasteiger partial charge in [0.1, 0.15) is 5.69 Å². The minimum atomic E-state index is 0.116. The van der Waals surface area contributed by atoms with Gasteiger partial charge in [-0.2, -0.15) is 0 Å². The van der Waals surface area contributed by atoms with Crippen molar-refractivity contribution in [2.75, 3.05) is 14.1 Å². The third-order valence-corrected chi connectivity index (χ3v) is 2.08. The summed E-state index contributed by atoms with van der Waals surface area (Å²) in [4.78, 5) is 27.0. The molecule has 5 heteroatoms. The highest BCUT2D eigenvalue weighted by molar-refractivity contribution is 5.75. The van der Waals surface area contributed by atoms with Gasteiger partial charge in [0, 0.05) is 33.3 Å². The lowest BCUT2D eigenvalue weighted by Gasteiger charge is -2.09. The zero-order valence-electron chi connectivity index (χ0n) is 9.01. The average molecular weight is 209 g/mol. The number of nitrogens with zero attached hydrogens (tertiary/aromatic N) is 3. The van der Waals surface area contributed by atoms with Gasteiger partial charge in [-0.05, 0) is 6.42 Å². The van der Waals surface area contributed by atoms with E-state index in [4.69, 9.17) is 0 Å². The van der Waals surface area contributed by atoms with E-state index in [1.807, 2.05) is 4.57 Å². The van der Waals surface area contributed by atoms with Gasteiger partial charge < -0.3 is 9.47 Å². The van der Waals surface area contributed by atoms with Crippen LogP contribution in [0.3, 0.4) is 0 Å².